The van der Waals surface area contributed by atoms with Crippen molar-refractivity contribution in [2.75, 3.05) is 78.7 Å². The van der Waals surface area contributed by atoms with Gasteiger partial charge in [0.1, 0.15) is 0 Å². The normalized spacial score (nSPS) is 19.7. The summed E-state index contributed by atoms with van der Waals surface area (Å²) in [6.07, 6.45) is 8.09. The summed E-state index contributed by atoms with van der Waals surface area (Å²) in [7, 11) is 0. The number of piperazine rings is 2. The molecule has 0 aromatic heterocycles. The summed E-state index contributed by atoms with van der Waals surface area (Å²) in [5.41, 5.74) is 0. The van der Waals surface area contributed by atoms with Gasteiger partial charge in [0.15, 0.2) is 0 Å². The first kappa shape index (κ1) is 28.8. The van der Waals surface area contributed by atoms with Crippen molar-refractivity contribution >= 4 is 0 Å². The Kier molecular flexibility index (Phi) is 16.9. The Morgan fingerprint density at radius 3 is 1.13 bits per heavy atom. The lowest BCUT2D eigenvalue weighted by Gasteiger charge is -2.36. The standard InChI is InChI=1S/C13H28N2O.C12H26N2O/c1-13(2)15-10-8-14(9-11-15)7-5-3-4-6-12-16;1-12(2)14-9-7-13(8-10-14)6-4-3-5-11-15/h13,16H,3-12H2,1-2H3;12,15H,3-11H2,1-2H3. The van der Waals surface area contributed by atoms with Crippen LogP contribution in [0.4, 0.5) is 0 Å². The van der Waals surface area contributed by atoms with E-state index in [0.717, 1.165) is 12.8 Å². The van der Waals surface area contributed by atoms with Gasteiger partial charge < -0.3 is 20.0 Å². The summed E-state index contributed by atoms with van der Waals surface area (Å²) < 4.78 is 0. The molecule has 186 valence electrons. The Morgan fingerprint density at radius 1 is 0.484 bits per heavy atom. The Labute approximate surface area is 193 Å². The molecule has 2 fully saturated rings. The van der Waals surface area contributed by atoms with E-state index in [1.54, 1.807) is 0 Å². The highest BCUT2D eigenvalue weighted by Crippen LogP contribution is 2.08. The van der Waals surface area contributed by atoms with Gasteiger partial charge in [0.2, 0.25) is 0 Å². The molecule has 2 aliphatic heterocycles. The first-order chi connectivity index (χ1) is 15.0. The molecule has 0 aromatic rings. The second kappa shape index (κ2) is 18.2. The van der Waals surface area contributed by atoms with E-state index in [2.05, 4.69) is 47.3 Å². The lowest BCUT2D eigenvalue weighted by Crippen LogP contribution is -2.48. The van der Waals surface area contributed by atoms with Crippen molar-refractivity contribution in [1.29, 1.82) is 0 Å². The predicted molar refractivity (Wildman–Crippen MR) is 133 cm³/mol. The van der Waals surface area contributed by atoms with E-state index in [1.807, 2.05) is 0 Å². The third kappa shape index (κ3) is 13.8. The predicted octanol–water partition coefficient (Wildman–Crippen LogP) is 2.74. The highest BCUT2D eigenvalue weighted by molar-refractivity contribution is 4.75. The molecule has 2 aliphatic rings. The zero-order chi connectivity index (χ0) is 22.9. The van der Waals surface area contributed by atoms with Gasteiger partial charge in [0, 0.05) is 77.7 Å². The Hall–Kier alpha value is -0.240. The zero-order valence-corrected chi connectivity index (χ0v) is 21.3. The molecule has 0 aromatic carbocycles. The molecule has 2 heterocycles. The lowest BCUT2D eigenvalue weighted by molar-refractivity contribution is 0.107. The third-order valence-corrected chi connectivity index (χ3v) is 6.79. The molecule has 2 N–H and O–H groups in total. The van der Waals surface area contributed by atoms with Crippen molar-refractivity contribution in [2.45, 2.75) is 84.7 Å². The van der Waals surface area contributed by atoms with Gasteiger partial charge in [-0.2, -0.15) is 0 Å². The molecule has 2 rings (SSSR count). The molecule has 0 unspecified atom stereocenters. The molecule has 0 atom stereocenters. The highest BCUT2D eigenvalue weighted by Gasteiger charge is 2.18. The van der Waals surface area contributed by atoms with Crippen LogP contribution in [0.15, 0.2) is 0 Å². The fraction of sp³-hybridized carbons (Fsp3) is 1.00. The minimum Gasteiger partial charge on any atom is -0.396 e. The molecule has 0 radical (unpaired) electrons. The number of unbranched alkanes of at least 4 members (excludes halogenated alkanes) is 5. The summed E-state index contributed by atoms with van der Waals surface area (Å²) in [5.74, 6) is 0. The third-order valence-electron chi connectivity index (χ3n) is 6.79. The molecule has 0 saturated carbocycles. The van der Waals surface area contributed by atoms with Crippen molar-refractivity contribution < 1.29 is 10.2 Å². The van der Waals surface area contributed by atoms with E-state index >= 15 is 0 Å². The lowest BCUT2D eigenvalue weighted by atomic mass is 10.2. The number of aliphatic hydroxyl groups is 2. The highest BCUT2D eigenvalue weighted by atomic mass is 16.3. The van der Waals surface area contributed by atoms with Gasteiger partial charge in [-0.15, -0.1) is 0 Å². The van der Waals surface area contributed by atoms with E-state index in [-0.39, 0.29) is 0 Å². The molecule has 0 amide bonds. The summed E-state index contributed by atoms with van der Waals surface area (Å²) in [5, 5.41) is 17.4. The molecule has 0 spiro atoms. The quantitative estimate of drug-likeness (QED) is 0.428. The van der Waals surface area contributed by atoms with Gasteiger partial charge in [-0.25, -0.2) is 0 Å². The van der Waals surface area contributed by atoms with Gasteiger partial charge in [0.05, 0.1) is 0 Å². The van der Waals surface area contributed by atoms with Crippen molar-refractivity contribution in [3.05, 3.63) is 0 Å². The minimum atomic E-state index is 0.348. The molecule has 6 heteroatoms. The van der Waals surface area contributed by atoms with Crippen LogP contribution in [-0.2, 0) is 0 Å². The van der Waals surface area contributed by atoms with Crippen LogP contribution in [0.25, 0.3) is 0 Å². The van der Waals surface area contributed by atoms with Gasteiger partial charge in [-0.1, -0.05) is 12.8 Å². The maximum atomic E-state index is 8.68. The van der Waals surface area contributed by atoms with Crippen molar-refractivity contribution in [1.82, 2.24) is 19.6 Å². The number of aliphatic hydroxyl groups excluding tert-OH is 2. The van der Waals surface area contributed by atoms with Crippen LogP contribution >= 0.6 is 0 Å². The average molecular weight is 443 g/mol. The molecule has 2 saturated heterocycles. The van der Waals surface area contributed by atoms with Crippen molar-refractivity contribution in [3.8, 4) is 0 Å². The average Bonchev–Trinajstić information content (AvgIpc) is 2.78. The van der Waals surface area contributed by atoms with E-state index in [9.17, 15) is 0 Å². The number of nitrogens with zero attached hydrogens (tertiary/aromatic N) is 4. The van der Waals surface area contributed by atoms with Gasteiger partial charge in [-0.3, -0.25) is 9.80 Å². The maximum Gasteiger partial charge on any atom is 0.0431 e. The number of rotatable bonds is 13. The van der Waals surface area contributed by atoms with Crippen LogP contribution in [0.3, 0.4) is 0 Å². The summed E-state index contributed by atoms with van der Waals surface area (Å²) >= 11 is 0. The largest absolute Gasteiger partial charge is 0.396 e. The van der Waals surface area contributed by atoms with Crippen LogP contribution in [0.2, 0.25) is 0 Å². The first-order valence-corrected chi connectivity index (χ1v) is 13.1. The summed E-state index contributed by atoms with van der Waals surface area (Å²) in [6.45, 7) is 22.1. The van der Waals surface area contributed by atoms with Crippen LogP contribution in [0.5, 0.6) is 0 Å². The van der Waals surface area contributed by atoms with E-state index in [0.29, 0.717) is 25.3 Å². The molecular weight excluding hydrogens is 388 g/mol. The van der Waals surface area contributed by atoms with Crippen LogP contribution in [-0.4, -0.2) is 121 Å². The maximum absolute atomic E-state index is 8.68. The smallest absolute Gasteiger partial charge is 0.0431 e. The van der Waals surface area contributed by atoms with Gasteiger partial charge >= 0.3 is 0 Å². The molecule has 0 bridgehead atoms. The van der Waals surface area contributed by atoms with Gasteiger partial charge in [-0.05, 0) is 72.9 Å². The van der Waals surface area contributed by atoms with Crippen LogP contribution in [0.1, 0.15) is 72.6 Å². The Balaban J connectivity index is 0.000000311. The molecule has 31 heavy (non-hydrogen) atoms. The monoisotopic (exact) mass is 442 g/mol. The Bertz CT molecular complexity index is 393. The van der Waals surface area contributed by atoms with Crippen LogP contribution in [0, 0.1) is 0 Å². The fourth-order valence-corrected chi connectivity index (χ4v) is 4.43. The number of hydrogen-bond acceptors (Lipinski definition) is 6. The van der Waals surface area contributed by atoms with E-state index < -0.39 is 0 Å². The minimum absolute atomic E-state index is 0.348. The molecular formula is C25H54N4O2. The second-order valence-electron chi connectivity index (χ2n) is 9.86. The molecule has 6 nitrogen and oxygen atoms in total. The topological polar surface area (TPSA) is 53.4 Å². The second-order valence-corrected chi connectivity index (χ2v) is 9.86. The summed E-state index contributed by atoms with van der Waals surface area (Å²) in [6, 6.07) is 1.40. The van der Waals surface area contributed by atoms with E-state index in [4.69, 9.17) is 10.2 Å². The van der Waals surface area contributed by atoms with E-state index in [1.165, 1.54) is 97.6 Å². The van der Waals surface area contributed by atoms with Gasteiger partial charge in [0.25, 0.3) is 0 Å². The summed E-state index contributed by atoms with van der Waals surface area (Å²) in [4.78, 5) is 10.2. The van der Waals surface area contributed by atoms with Crippen LogP contribution < -0.4 is 0 Å². The van der Waals surface area contributed by atoms with Crippen molar-refractivity contribution in [2.24, 2.45) is 0 Å². The fourth-order valence-electron chi connectivity index (χ4n) is 4.43. The number of hydrogen-bond donors (Lipinski definition) is 2. The first-order valence-electron chi connectivity index (χ1n) is 13.1. The molecule has 0 aliphatic carbocycles. The SMILES string of the molecule is CC(C)N1CCN(CCCCCCO)CC1.CC(C)N1CCN(CCCCCO)CC1. The zero-order valence-electron chi connectivity index (χ0n) is 21.3. The van der Waals surface area contributed by atoms with Crippen molar-refractivity contribution in [3.63, 3.8) is 0 Å². The Morgan fingerprint density at radius 2 is 0.806 bits per heavy atom.